The zero-order valence-electron chi connectivity index (χ0n) is 9.32. The first kappa shape index (κ1) is 11.0. The number of hydrazine groups is 1. The molecule has 0 spiro atoms. The lowest BCUT2D eigenvalue weighted by molar-refractivity contribution is 0.917. The van der Waals surface area contributed by atoms with Crippen LogP contribution in [0.3, 0.4) is 0 Å². The summed E-state index contributed by atoms with van der Waals surface area (Å²) in [5.74, 6) is 5.95. The van der Waals surface area contributed by atoms with Gasteiger partial charge >= 0.3 is 0 Å². The van der Waals surface area contributed by atoms with E-state index in [2.05, 4.69) is 20.6 Å². The van der Waals surface area contributed by atoms with Crippen LogP contribution in [-0.2, 0) is 0 Å². The van der Waals surface area contributed by atoms with Crippen LogP contribution in [0, 0.1) is 0 Å². The number of nitrogens with one attached hydrogen (secondary N) is 1. The molecule has 3 aromatic rings. The van der Waals surface area contributed by atoms with Crippen molar-refractivity contribution in [3.63, 3.8) is 0 Å². The van der Waals surface area contributed by atoms with Gasteiger partial charge in [-0.25, -0.2) is 10.8 Å². The van der Waals surface area contributed by atoms with E-state index in [1.54, 1.807) is 6.07 Å². The van der Waals surface area contributed by atoms with Crippen LogP contribution in [0.25, 0.3) is 5.65 Å². The van der Waals surface area contributed by atoms with Crippen molar-refractivity contribution in [2.75, 3.05) is 5.43 Å². The molecule has 0 radical (unpaired) electrons. The van der Waals surface area contributed by atoms with Gasteiger partial charge in [-0.3, -0.25) is 4.40 Å². The second-order valence-corrected chi connectivity index (χ2v) is 4.51. The number of hydrogen-bond acceptors (Lipinski definition) is 6. The van der Waals surface area contributed by atoms with Gasteiger partial charge in [0.1, 0.15) is 10.8 Å². The minimum absolute atomic E-state index is 0.619. The maximum Gasteiger partial charge on any atom is 0.201 e. The van der Waals surface area contributed by atoms with E-state index in [1.165, 1.54) is 11.8 Å². The van der Waals surface area contributed by atoms with Crippen LogP contribution in [0.5, 0.6) is 0 Å². The highest BCUT2D eigenvalue weighted by molar-refractivity contribution is 7.99. The molecule has 0 amide bonds. The van der Waals surface area contributed by atoms with Crippen molar-refractivity contribution in [1.29, 1.82) is 0 Å². The molecular weight excluding hydrogens is 248 g/mol. The summed E-state index contributed by atoms with van der Waals surface area (Å²) in [6, 6.07) is 11.3. The third-order valence-corrected chi connectivity index (χ3v) is 3.25. The van der Waals surface area contributed by atoms with Crippen molar-refractivity contribution in [3.8, 4) is 0 Å². The summed E-state index contributed by atoms with van der Waals surface area (Å²) in [7, 11) is 0. The number of hydrogen-bond donors (Lipinski definition) is 2. The molecule has 0 saturated carbocycles. The summed E-state index contributed by atoms with van der Waals surface area (Å²) >= 11 is 1.44. The summed E-state index contributed by atoms with van der Waals surface area (Å²) < 4.78 is 1.91. The van der Waals surface area contributed by atoms with Crippen LogP contribution < -0.4 is 11.3 Å². The minimum atomic E-state index is 0.619. The normalized spacial score (nSPS) is 10.7. The van der Waals surface area contributed by atoms with E-state index in [9.17, 15) is 0 Å². The van der Waals surface area contributed by atoms with E-state index in [0.717, 1.165) is 15.8 Å². The Bertz CT molecular complexity index is 680. The van der Waals surface area contributed by atoms with Crippen molar-refractivity contribution in [2.24, 2.45) is 5.84 Å². The van der Waals surface area contributed by atoms with Gasteiger partial charge in [0.05, 0.1) is 0 Å². The smallest absolute Gasteiger partial charge is 0.201 e. The first-order chi connectivity index (χ1) is 8.86. The molecule has 18 heavy (non-hydrogen) atoms. The molecule has 3 N–H and O–H groups in total. The first-order valence-corrected chi connectivity index (χ1v) is 6.10. The number of pyridine rings is 2. The first-order valence-electron chi connectivity index (χ1n) is 5.28. The van der Waals surface area contributed by atoms with Crippen molar-refractivity contribution < 1.29 is 0 Å². The predicted molar refractivity (Wildman–Crippen MR) is 69.2 cm³/mol. The monoisotopic (exact) mass is 258 g/mol. The minimum Gasteiger partial charge on any atom is -0.308 e. The summed E-state index contributed by atoms with van der Waals surface area (Å²) in [6.45, 7) is 0. The largest absolute Gasteiger partial charge is 0.308 e. The molecule has 0 bridgehead atoms. The van der Waals surface area contributed by atoms with E-state index in [1.807, 2.05) is 40.9 Å². The Morgan fingerprint density at radius 2 is 2.06 bits per heavy atom. The Hall–Kier alpha value is -2.12. The van der Waals surface area contributed by atoms with Gasteiger partial charge in [0.25, 0.3) is 0 Å². The van der Waals surface area contributed by atoms with E-state index < -0.39 is 0 Å². The summed E-state index contributed by atoms with van der Waals surface area (Å²) in [6.07, 6.45) is 1.92. The van der Waals surface area contributed by atoms with Crippen LogP contribution in [0.15, 0.2) is 52.8 Å². The van der Waals surface area contributed by atoms with Gasteiger partial charge in [-0.05, 0) is 36.0 Å². The lowest BCUT2D eigenvalue weighted by Crippen LogP contribution is -2.08. The molecule has 3 aromatic heterocycles. The Morgan fingerprint density at radius 3 is 2.94 bits per heavy atom. The lowest BCUT2D eigenvalue weighted by Gasteiger charge is -2.02. The van der Waals surface area contributed by atoms with Crippen LogP contribution in [0.2, 0.25) is 0 Å². The average Bonchev–Trinajstić information content (AvgIpc) is 2.83. The van der Waals surface area contributed by atoms with Gasteiger partial charge in [0.2, 0.25) is 5.16 Å². The SMILES string of the molecule is NNc1cccc(Sc2nnc3ccccn23)n1. The molecule has 90 valence electrons. The zero-order chi connectivity index (χ0) is 12.4. The Kier molecular flexibility index (Phi) is 2.83. The lowest BCUT2D eigenvalue weighted by atomic mass is 10.5. The molecule has 3 rings (SSSR count). The topological polar surface area (TPSA) is 81.1 Å². The summed E-state index contributed by atoms with van der Waals surface area (Å²) in [5.41, 5.74) is 3.33. The second kappa shape index (κ2) is 4.63. The quantitative estimate of drug-likeness (QED) is 0.548. The van der Waals surface area contributed by atoms with Crippen LogP contribution in [-0.4, -0.2) is 19.6 Å². The molecule has 7 heteroatoms. The molecular formula is C11H10N6S. The molecule has 0 aliphatic carbocycles. The highest BCUT2D eigenvalue weighted by Gasteiger charge is 2.07. The summed E-state index contributed by atoms with van der Waals surface area (Å²) in [5, 5.41) is 9.79. The van der Waals surface area contributed by atoms with E-state index in [0.29, 0.717) is 5.82 Å². The molecule has 3 heterocycles. The number of nitrogen functional groups attached to an aromatic ring is 1. The van der Waals surface area contributed by atoms with Crippen molar-refractivity contribution in [3.05, 3.63) is 42.6 Å². The maximum absolute atomic E-state index is 5.33. The third-order valence-electron chi connectivity index (χ3n) is 2.35. The fraction of sp³-hybridized carbons (Fsp3) is 0. The van der Waals surface area contributed by atoms with E-state index >= 15 is 0 Å². The van der Waals surface area contributed by atoms with Crippen LogP contribution in [0.1, 0.15) is 0 Å². The number of rotatable bonds is 3. The molecule has 6 nitrogen and oxygen atoms in total. The Labute approximate surface area is 107 Å². The molecule has 0 fully saturated rings. The number of anilines is 1. The second-order valence-electron chi connectivity index (χ2n) is 3.52. The molecule has 0 aromatic carbocycles. The standard InChI is InChI=1S/C11H10N6S/c12-14-8-4-3-6-10(13-8)18-11-16-15-9-5-1-2-7-17(9)11/h1-7H,12H2,(H,13,14). The molecule has 0 aliphatic rings. The predicted octanol–water partition coefficient (Wildman–Crippen LogP) is 1.56. The number of nitrogens with two attached hydrogens (primary N) is 1. The Morgan fingerprint density at radius 1 is 1.11 bits per heavy atom. The average molecular weight is 258 g/mol. The highest BCUT2D eigenvalue weighted by Crippen LogP contribution is 2.25. The van der Waals surface area contributed by atoms with Crippen molar-refractivity contribution >= 4 is 23.2 Å². The van der Waals surface area contributed by atoms with Gasteiger partial charge in [0.15, 0.2) is 5.65 Å². The Balaban J connectivity index is 1.96. The molecule has 0 saturated heterocycles. The van der Waals surface area contributed by atoms with E-state index in [4.69, 9.17) is 5.84 Å². The number of aromatic nitrogens is 4. The third kappa shape index (κ3) is 2.01. The molecule has 0 unspecified atom stereocenters. The number of nitrogens with zero attached hydrogens (tertiary/aromatic N) is 4. The van der Waals surface area contributed by atoms with Gasteiger partial charge in [-0.15, -0.1) is 10.2 Å². The van der Waals surface area contributed by atoms with Crippen molar-refractivity contribution in [2.45, 2.75) is 10.2 Å². The molecule has 0 atom stereocenters. The van der Waals surface area contributed by atoms with Gasteiger partial charge in [-0.1, -0.05) is 12.1 Å². The van der Waals surface area contributed by atoms with Crippen molar-refractivity contribution in [1.82, 2.24) is 19.6 Å². The van der Waals surface area contributed by atoms with Gasteiger partial charge in [0, 0.05) is 6.20 Å². The molecule has 0 aliphatic heterocycles. The van der Waals surface area contributed by atoms with Crippen LogP contribution >= 0.6 is 11.8 Å². The highest BCUT2D eigenvalue weighted by atomic mass is 32.2. The van der Waals surface area contributed by atoms with Crippen LogP contribution in [0.4, 0.5) is 5.82 Å². The van der Waals surface area contributed by atoms with E-state index in [-0.39, 0.29) is 0 Å². The maximum atomic E-state index is 5.33. The summed E-state index contributed by atoms with van der Waals surface area (Å²) in [4.78, 5) is 4.32. The zero-order valence-corrected chi connectivity index (χ0v) is 10.1. The fourth-order valence-corrected chi connectivity index (χ4v) is 2.35. The number of fused-ring (bicyclic) bond motifs is 1. The van der Waals surface area contributed by atoms with Gasteiger partial charge < -0.3 is 5.43 Å². The van der Waals surface area contributed by atoms with Gasteiger partial charge in [-0.2, -0.15) is 0 Å². The fourth-order valence-electron chi connectivity index (χ4n) is 1.53.